The lowest BCUT2D eigenvalue weighted by Crippen LogP contribution is -2.23. The summed E-state index contributed by atoms with van der Waals surface area (Å²) >= 11 is 3.10. The molecule has 6 nitrogen and oxygen atoms in total. The Balaban J connectivity index is 0.00000176. The highest BCUT2D eigenvalue weighted by atomic mass is 32.2. The van der Waals surface area contributed by atoms with Gasteiger partial charge in [0.05, 0.1) is 27.0 Å². The molecule has 1 aromatic carbocycles. The Bertz CT molecular complexity index is 1130. The Morgan fingerprint density at radius 3 is 2.58 bits per heavy atom. The molecular formula is C27H36FN5OS2. The first-order chi connectivity index (χ1) is 17.4. The van der Waals surface area contributed by atoms with Crippen LogP contribution in [0.25, 0.3) is 21.8 Å². The summed E-state index contributed by atoms with van der Waals surface area (Å²) in [6, 6.07) is 7.76. The average molecular weight is 530 g/mol. The van der Waals surface area contributed by atoms with E-state index in [0.717, 1.165) is 40.6 Å². The second-order valence-electron chi connectivity index (χ2n) is 9.81. The zero-order valence-corrected chi connectivity index (χ0v) is 23.2. The molecule has 1 fully saturated rings. The predicted molar refractivity (Wildman–Crippen MR) is 151 cm³/mol. The largest absolute Gasteiger partial charge is 0.351 e. The maximum atomic E-state index is 15.6. The first kappa shape index (κ1) is 28.1. The van der Waals surface area contributed by atoms with Crippen LogP contribution in [0.1, 0.15) is 71.2 Å². The molecule has 0 radical (unpaired) electrons. The van der Waals surface area contributed by atoms with Gasteiger partial charge in [-0.3, -0.25) is 0 Å². The quantitative estimate of drug-likeness (QED) is 0.228. The summed E-state index contributed by atoms with van der Waals surface area (Å²) in [5.74, 6) is 1.26. The van der Waals surface area contributed by atoms with E-state index < -0.39 is 0 Å². The van der Waals surface area contributed by atoms with Crippen LogP contribution >= 0.6 is 23.3 Å². The summed E-state index contributed by atoms with van der Waals surface area (Å²) in [7, 11) is 0. The van der Waals surface area contributed by atoms with Gasteiger partial charge in [0.2, 0.25) is 5.95 Å². The van der Waals surface area contributed by atoms with Crippen molar-refractivity contribution >= 4 is 41.7 Å². The minimum atomic E-state index is -0.285. The van der Waals surface area contributed by atoms with Crippen molar-refractivity contribution < 1.29 is 9.18 Å². The molecule has 2 aromatic heterocycles. The lowest BCUT2D eigenvalue weighted by Gasteiger charge is -2.22. The van der Waals surface area contributed by atoms with Gasteiger partial charge in [-0.05, 0) is 37.5 Å². The Morgan fingerprint density at radius 1 is 1.14 bits per heavy atom. The number of hydrogen-bond donors (Lipinski definition) is 2. The molecule has 2 N–H and O–H groups in total. The van der Waals surface area contributed by atoms with Gasteiger partial charge in [-0.25, -0.2) is 19.3 Å². The zero-order chi connectivity index (χ0) is 26.1. The number of carbonyl (C=O) groups excluding carboxylic acids is 1. The number of hydrogen-bond acceptors (Lipinski definition) is 8. The third-order valence-electron chi connectivity index (χ3n) is 5.84. The van der Waals surface area contributed by atoms with Crippen LogP contribution in [-0.4, -0.2) is 33.5 Å². The maximum Gasteiger partial charge on any atom is 0.223 e. The third kappa shape index (κ3) is 7.03. The van der Waals surface area contributed by atoms with Gasteiger partial charge in [-0.15, -0.1) is 11.3 Å². The van der Waals surface area contributed by atoms with Gasteiger partial charge in [0.1, 0.15) is 6.79 Å². The van der Waals surface area contributed by atoms with Crippen LogP contribution in [0, 0.1) is 5.82 Å². The standard InChI is InChI=1S/C26H34FN5S2.CH2O/c1-5-16-33-32-19-13-9-12-18(21(19)27)22-23(34-24(31-22)26(2,3)4)20-14-15-28-25(30-20)29-17-10-7-6-8-11-17;1-2/h9,12-15,17,32H,5-8,10-11,16H2,1-4H3,(H,28,29,30);1H2. The second kappa shape index (κ2) is 13.1. The fourth-order valence-electron chi connectivity index (χ4n) is 4.01. The molecule has 1 aliphatic rings. The fraction of sp³-hybridized carbons (Fsp3) is 0.481. The smallest absolute Gasteiger partial charge is 0.223 e. The fourth-order valence-corrected chi connectivity index (χ4v) is 5.73. The van der Waals surface area contributed by atoms with Crippen LogP contribution in [0.5, 0.6) is 0 Å². The van der Waals surface area contributed by atoms with Crippen molar-refractivity contribution in [3.8, 4) is 21.8 Å². The number of carbonyl (C=O) groups is 1. The van der Waals surface area contributed by atoms with E-state index in [-0.39, 0.29) is 11.2 Å². The molecule has 0 aliphatic heterocycles. The highest BCUT2D eigenvalue weighted by Gasteiger charge is 2.26. The van der Waals surface area contributed by atoms with Crippen molar-refractivity contribution in [1.82, 2.24) is 15.0 Å². The Kier molecular flexibility index (Phi) is 10.2. The van der Waals surface area contributed by atoms with Gasteiger partial charge < -0.3 is 14.8 Å². The van der Waals surface area contributed by atoms with Gasteiger partial charge in [0.25, 0.3) is 0 Å². The van der Waals surface area contributed by atoms with E-state index in [0.29, 0.717) is 28.9 Å². The summed E-state index contributed by atoms with van der Waals surface area (Å²) in [6.45, 7) is 10.5. The molecule has 0 unspecified atom stereocenters. The van der Waals surface area contributed by atoms with Crippen molar-refractivity contribution in [3.63, 3.8) is 0 Å². The van der Waals surface area contributed by atoms with Gasteiger partial charge in [0, 0.05) is 29.0 Å². The molecule has 194 valence electrons. The van der Waals surface area contributed by atoms with Crippen molar-refractivity contribution in [2.75, 3.05) is 15.8 Å². The van der Waals surface area contributed by atoms with E-state index in [2.05, 4.69) is 42.7 Å². The van der Waals surface area contributed by atoms with Crippen LogP contribution < -0.4 is 10.0 Å². The van der Waals surface area contributed by atoms with Crippen molar-refractivity contribution in [2.45, 2.75) is 77.7 Å². The number of nitrogens with zero attached hydrogens (tertiary/aromatic N) is 3. The van der Waals surface area contributed by atoms with E-state index in [4.69, 9.17) is 14.8 Å². The average Bonchev–Trinajstić information content (AvgIpc) is 3.33. The maximum absolute atomic E-state index is 15.6. The third-order valence-corrected chi connectivity index (χ3v) is 8.32. The number of rotatable bonds is 8. The number of benzene rings is 1. The molecule has 4 rings (SSSR count). The van der Waals surface area contributed by atoms with Gasteiger partial charge >= 0.3 is 0 Å². The first-order valence-electron chi connectivity index (χ1n) is 12.4. The highest BCUT2D eigenvalue weighted by molar-refractivity contribution is 8.00. The molecule has 1 aliphatic carbocycles. The molecule has 0 amide bonds. The summed E-state index contributed by atoms with van der Waals surface area (Å²) in [6.07, 6.45) is 8.88. The Morgan fingerprint density at radius 2 is 1.89 bits per heavy atom. The molecule has 3 aromatic rings. The first-order valence-corrected chi connectivity index (χ1v) is 14.2. The summed E-state index contributed by atoms with van der Waals surface area (Å²) in [5.41, 5.74) is 2.23. The molecule has 0 spiro atoms. The molecule has 9 heteroatoms. The number of aromatic nitrogens is 3. The molecule has 0 bridgehead atoms. The lowest BCUT2D eigenvalue weighted by atomic mass is 9.96. The number of halogens is 1. The molecule has 0 atom stereocenters. The Hall–Kier alpha value is -2.52. The van der Waals surface area contributed by atoms with E-state index >= 15 is 4.39 Å². The van der Waals surface area contributed by atoms with Crippen molar-refractivity contribution in [3.05, 3.63) is 41.3 Å². The predicted octanol–water partition coefficient (Wildman–Crippen LogP) is 7.73. The van der Waals surface area contributed by atoms with Crippen LogP contribution in [-0.2, 0) is 10.2 Å². The summed E-state index contributed by atoms with van der Waals surface area (Å²) in [4.78, 5) is 23.1. The van der Waals surface area contributed by atoms with Crippen LogP contribution in [0.4, 0.5) is 16.0 Å². The van der Waals surface area contributed by atoms with Gasteiger partial charge in [-0.1, -0.05) is 65.0 Å². The Labute approximate surface area is 222 Å². The topological polar surface area (TPSA) is 79.8 Å². The number of nitrogens with one attached hydrogen (secondary N) is 2. The van der Waals surface area contributed by atoms with E-state index in [1.807, 2.05) is 18.9 Å². The number of thiazole rings is 1. The number of anilines is 2. The highest BCUT2D eigenvalue weighted by Crippen LogP contribution is 2.42. The van der Waals surface area contributed by atoms with E-state index in [9.17, 15) is 0 Å². The second-order valence-corrected chi connectivity index (χ2v) is 11.7. The monoisotopic (exact) mass is 529 g/mol. The van der Waals surface area contributed by atoms with Crippen LogP contribution in [0.15, 0.2) is 30.5 Å². The lowest BCUT2D eigenvalue weighted by molar-refractivity contribution is -0.0979. The summed E-state index contributed by atoms with van der Waals surface area (Å²) < 4.78 is 18.8. The van der Waals surface area contributed by atoms with E-state index in [1.165, 1.54) is 31.2 Å². The normalized spacial score (nSPS) is 14.1. The molecule has 36 heavy (non-hydrogen) atoms. The van der Waals surface area contributed by atoms with Crippen LogP contribution in [0.2, 0.25) is 0 Å². The minimum absolute atomic E-state index is 0.156. The molecular weight excluding hydrogens is 493 g/mol. The summed E-state index contributed by atoms with van der Waals surface area (Å²) in [5, 5.41) is 4.47. The zero-order valence-electron chi connectivity index (χ0n) is 21.6. The van der Waals surface area contributed by atoms with Crippen molar-refractivity contribution in [2.24, 2.45) is 0 Å². The molecule has 2 heterocycles. The van der Waals surface area contributed by atoms with Crippen molar-refractivity contribution in [1.29, 1.82) is 0 Å². The van der Waals surface area contributed by atoms with Gasteiger partial charge in [0.15, 0.2) is 5.82 Å². The van der Waals surface area contributed by atoms with Gasteiger partial charge in [-0.2, -0.15) is 0 Å². The van der Waals surface area contributed by atoms with E-state index in [1.54, 1.807) is 29.7 Å². The molecule has 1 saturated carbocycles. The minimum Gasteiger partial charge on any atom is -0.351 e. The van der Waals surface area contributed by atoms with Crippen LogP contribution in [0.3, 0.4) is 0 Å². The SMILES string of the molecule is C=O.CCCSNc1cccc(-c2nc(C(C)(C)C)sc2-c2ccnc(NC3CCCCC3)n2)c1F. The molecule has 0 saturated heterocycles.